The van der Waals surface area contributed by atoms with Crippen LogP contribution in [0.15, 0.2) is 30.3 Å². The molecule has 29 heavy (non-hydrogen) atoms. The summed E-state index contributed by atoms with van der Waals surface area (Å²) in [4.78, 5) is 29.2. The van der Waals surface area contributed by atoms with Crippen LogP contribution in [0.25, 0.3) is 6.08 Å². The topological polar surface area (TPSA) is 60.9 Å². The van der Waals surface area contributed by atoms with Crippen molar-refractivity contribution in [1.29, 1.82) is 0 Å². The van der Waals surface area contributed by atoms with Crippen LogP contribution in [0.5, 0.6) is 0 Å². The molecule has 2 amide bonds. The summed E-state index contributed by atoms with van der Waals surface area (Å²) in [5.41, 5.74) is 2.26. The molecule has 2 saturated carbocycles. The van der Waals surface area contributed by atoms with E-state index in [1.54, 1.807) is 4.90 Å². The zero-order valence-corrected chi connectivity index (χ0v) is 17.5. The number of benzene rings is 1. The number of likely N-dealkylation sites (tertiary alicyclic amines) is 1. The van der Waals surface area contributed by atoms with Crippen molar-refractivity contribution >= 4 is 17.9 Å². The molecule has 0 spiro atoms. The van der Waals surface area contributed by atoms with Gasteiger partial charge in [-0.25, -0.2) is 0 Å². The highest BCUT2D eigenvalue weighted by Crippen LogP contribution is 2.45. The van der Waals surface area contributed by atoms with Crippen LogP contribution in [-0.4, -0.2) is 59.0 Å². The van der Waals surface area contributed by atoms with Crippen molar-refractivity contribution in [3.05, 3.63) is 41.5 Å². The van der Waals surface area contributed by atoms with E-state index >= 15 is 0 Å². The predicted molar refractivity (Wildman–Crippen MR) is 113 cm³/mol. The lowest BCUT2D eigenvalue weighted by atomic mass is 9.74. The minimum atomic E-state index is -0.201. The molecule has 5 heteroatoms. The lowest BCUT2D eigenvalue weighted by Crippen LogP contribution is -2.69. The first-order valence-electron chi connectivity index (χ1n) is 10.9. The molecule has 1 aromatic rings. The van der Waals surface area contributed by atoms with Gasteiger partial charge in [0, 0.05) is 31.8 Å². The zero-order valence-electron chi connectivity index (χ0n) is 17.5. The average Bonchev–Trinajstić information content (AvgIpc) is 3.60. The summed E-state index contributed by atoms with van der Waals surface area (Å²) in [5, 5.41) is 10.1. The molecule has 5 nitrogen and oxygen atoms in total. The van der Waals surface area contributed by atoms with E-state index in [-0.39, 0.29) is 42.3 Å². The Balaban J connectivity index is 1.54. The molecule has 1 N–H and O–H groups in total. The molecule has 0 aromatic heterocycles. The van der Waals surface area contributed by atoms with Gasteiger partial charge in [-0.2, -0.15) is 0 Å². The maximum absolute atomic E-state index is 12.9. The fraction of sp³-hybridized carbons (Fsp3) is 0.583. The van der Waals surface area contributed by atoms with Crippen LogP contribution < -0.4 is 0 Å². The maximum Gasteiger partial charge on any atom is 0.226 e. The van der Waals surface area contributed by atoms with Crippen molar-refractivity contribution in [3.63, 3.8) is 0 Å². The molecule has 1 aliphatic heterocycles. The van der Waals surface area contributed by atoms with E-state index in [2.05, 4.69) is 30.3 Å². The molecule has 156 valence electrons. The number of carbonyl (C=O) groups excluding carboxylic acids is 2. The zero-order chi connectivity index (χ0) is 20.5. The van der Waals surface area contributed by atoms with E-state index < -0.39 is 0 Å². The van der Waals surface area contributed by atoms with E-state index in [0.29, 0.717) is 18.9 Å². The van der Waals surface area contributed by atoms with Crippen LogP contribution in [0.1, 0.15) is 56.1 Å². The quantitative estimate of drug-likeness (QED) is 0.735. The average molecular weight is 397 g/mol. The van der Waals surface area contributed by atoms with Crippen LogP contribution in [0.2, 0.25) is 0 Å². The summed E-state index contributed by atoms with van der Waals surface area (Å²) in [6.45, 7) is 2.48. The Morgan fingerprint density at radius 3 is 2.38 bits per heavy atom. The Morgan fingerprint density at radius 1 is 1.14 bits per heavy atom. The second kappa shape index (κ2) is 8.31. The fourth-order valence-corrected chi connectivity index (χ4v) is 4.59. The highest BCUT2D eigenvalue weighted by atomic mass is 16.3. The number of allylic oxidation sites excluding steroid dienone is 1. The number of rotatable bonds is 8. The summed E-state index contributed by atoms with van der Waals surface area (Å²) in [6.07, 6.45) is 8.88. The summed E-state index contributed by atoms with van der Waals surface area (Å²) >= 11 is 0. The standard InChI is InChI=1S/C24H32N2O3/c1-3-4-16-7-9-18(10-8-16)23-20(14-25(2)22(28)13-17-5-6-17)26(21(23)15-27)24(29)19-11-12-19/h3-4,7-10,17,19-21,23,27H,5-6,11-15H2,1-2H3/b4-3+/t20-,21+,23+/m1/s1. The van der Waals surface area contributed by atoms with Gasteiger partial charge in [-0.15, -0.1) is 0 Å². The number of nitrogens with zero attached hydrogens (tertiary/aromatic N) is 2. The van der Waals surface area contributed by atoms with Crippen LogP contribution >= 0.6 is 0 Å². The minimum Gasteiger partial charge on any atom is -0.394 e. The van der Waals surface area contributed by atoms with Gasteiger partial charge in [-0.3, -0.25) is 9.59 Å². The number of carbonyl (C=O) groups is 2. The first kappa shape index (κ1) is 20.1. The van der Waals surface area contributed by atoms with Gasteiger partial charge in [0.05, 0.1) is 18.7 Å². The van der Waals surface area contributed by atoms with Crippen molar-refractivity contribution < 1.29 is 14.7 Å². The van der Waals surface area contributed by atoms with Gasteiger partial charge >= 0.3 is 0 Å². The Morgan fingerprint density at radius 2 is 1.83 bits per heavy atom. The summed E-state index contributed by atoms with van der Waals surface area (Å²) in [5.74, 6) is 1.03. The number of hydrogen-bond acceptors (Lipinski definition) is 3. The Bertz CT molecular complexity index is 780. The molecule has 3 aliphatic rings. The molecule has 2 aliphatic carbocycles. The van der Waals surface area contributed by atoms with Gasteiger partial charge in [0.1, 0.15) is 0 Å². The smallest absolute Gasteiger partial charge is 0.226 e. The van der Waals surface area contributed by atoms with E-state index in [0.717, 1.165) is 36.8 Å². The fourth-order valence-electron chi connectivity index (χ4n) is 4.59. The molecular weight excluding hydrogens is 364 g/mol. The molecule has 1 heterocycles. The Kier molecular flexibility index (Phi) is 5.77. The number of hydrogen-bond donors (Lipinski definition) is 1. The lowest BCUT2D eigenvalue weighted by molar-refractivity contribution is -0.155. The van der Waals surface area contributed by atoms with Crippen molar-refractivity contribution in [2.75, 3.05) is 20.2 Å². The first-order valence-corrected chi connectivity index (χ1v) is 10.9. The Labute approximate surface area is 173 Å². The van der Waals surface area contributed by atoms with E-state index in [9.17, 15) is 14.7 Å². The highest BCUT2D eigenvalue weighted by Gasteiger charge is 2.54. The van der Waals surface area contributed by atoms with E-state index in [4.69, 9.17) is 0 Å². The van der Waals surface area contributed by atoms with Gasteiger partial charge < -0.3 is 14.9 Å². The van der Waals surface area contributed by atoms with Gasteiger partial charge in [-0.1, -0.05) is 36.4 Å². The third-order valence-electron chi connectivity index (χ3n) is 6.64. The summed E-state index contributed by atoms with van der Waals surface area (Å²) < 4.78 is 0. The lowest BCUT2D eigenvalue weighted by Gasteiger charge is -2.56. The number of aliphatic hydroxyl groups is 1. The number of likely N-dealkylation sites (N-methyl/N-ethyl adjacent to an activating group) is 1. The monoisotopic (exact) mass is 396 g/mol. The third-order valence-corrected chi connectivity index (χ3v) is 6.64. The second-order valence-corrected chi connectivity index (χ2v) is 8.95. The predicted octanol–water partition coefficient (Wildman–Crippen LogP) is 3.04. The van der Waals surface area contributed by atoms with Gasteiger partial charge in [0.25, 0.3) is 0 Å². The molecule has 0 bridgehead atoms. The second-order valence-electron chi connectivity index (χ2n) is 8.95. The summed E-state index contributed by atoms with van der Waals surface area (Å²) in [6, 6.07) is 8.08. The summed E-state index contributed by atoms with van der Waals surface area (Å²) in [7, 11) is 1.85. The van der Waals surface area contributed by atoms with Crippen molar-refractivity contribution in [1.82, 2.24) is 9.80 Å². The van der Waals surface area contributed by atoms with Gasteiger partial charge in [-0.05, 0) is 49.7 Å². The normalized spacial score (nSPS) is 26.4. The van der Waals surface area contributed by atoms with Crippen LogP contribution in [-0.2, 0) is 9.59 Å². The highest BCUT2D eigenvalue weighted by molar-refractivity contribution is 5.83. The molecular formula is C24H32N2O3. The molecule has 0 unspecified atom stereocenters. The van der Waals surface area contributed by atoms with Crippen molar-refractivity contribution in [2.24, 2.45) is 11.8 Å². The van der Waals surface area contributed by atoms with Crippen molar-refractivity contribution in [3.8, 4) is 0 Å². The Hall–Kier alpha value is -2.14. The van der Waals surface area contributed by atoms with Gasteiger partial charge in [0.2, 0.25) is 11.8 Å². The number of amides is 2. The van der Waals surface area contributed by atoms with Crippen molar-refractivity contribution in [2.45, 2.75) is 57.0 Å². The van der Waals surface area contributed by atoms with Crippen LogP contribution in [0.4, 0.5) is 0 Å². The first-order chi connectivity index (χ1) is 14.0. The molecule has 0 radical (unpaired) electrons. The largest absolute Gasteiger partial charge is 0.394 e. The van der Waals surface area contributed by atoms with Crippen LogP contribution in [0, 0.1) is 11.8 Å². The molecule has 4 rings (SSSR count). The number of aliphatic hydroxyl groups excluding tert-OH is 1. The van der Waals surface area contributed by atoms with Crippen LogP contribution in [0.3, 0.4) is 0 Å². The molecule has 1 aromatic carbocycles. The molecule has 3 atom stereocenters. The third kappa shape index (κ3) is 4.25. The maximum atomic E-state index is 12.9. The molecule has 1 saturated heterocycles. The van der Waals surface area contributed by atoms with E-state index in [1.165, 1.54) is 0 Å². The SMILES string of the molecule is C/C=C/c1ccc([C@H]2[C@@H](CN(C)C(=O)CC3CC3)N(C(=O)C3CC3)[C@H]2CO)cc1. The minimum absolute atomic E-state index is 0.0457. The molecule has 3 fully saturated rings. The van der Waals surface area contributed by atoms with E-state index in [1.807, 2.05) is 24.9 Å². The van der Waals surface area contributed by atoms with Gasteiger partial charge in [0.15, 0.2) is 0 Å².